The van der Waals surface area contributed by atoms with Crippen LogP contribution in [0, 0.1) is 0 Å². The Morgan fingerprint density at radius 3 is 2.74 bits per heavy atom. The van der Waals surface area contributed by atoms with E-state index >= 15 is 0 Å². The van der Waals surface area contributed by atoms with E-state index in [9.17, 15) is 9.59 Å². The van der Waals surface area contributed by atoms with Crippen molar-refractivity contribution in [1.82, 2.24) is 24.8 Å². The van der Waals surface area contributed by atoms with E-state index in [1.165, 1.54) is 6.08 Å². The Morgan fingerprint density at radius 2 is 1.98 bits per heavy atom. The second kappa shape index (κ2) is 13.7. The lowest BCUT2D eigenvalue weighted by molar-refractivity contribution is -0.111. The SMILES string of the molecule is CN(C)C/C=C/C(=O)Nc1ccc(C(=O)N2CC[C@H](Nc3ncc(Cl)c(-c4c[nH]c5ccccc45)n3)C[C@@H]2CI)cc1. The van der Waals surface area contributed by atoms with Gasteiger partial charge in [0.25, 0.3) is 5.91 Å². The molecule has 2 aromatic heterocycles. The molecule has 4 aromatic rings. The number of hydrogen-bond acceptors (Lipinski definition) is 6. The number of rotatable bonds is 9. The van der Waals surface area contributed by atoms with Gasteiger partial charge in [0.1, 0.15) is 0 Å². The molecule has 0 saturated carbocycles. The lowest BCUT2D eigenvalue weighted by Gasteiger charge is -2.39. The van der Waals surface area contributed by atoms with Crippen molar-refractivity contribution in [3.63, 3.8) is 0 Å². The van der Waals surface area contributed by atoms with E-state index in [1.807, 2.05) is 54.4 Å². The first kappa shape index (κ1) is 30.0. The van der Waals surface area contributed by atoms with Gasteiger partial charge in [0.15, 0.2) is 0 Å². The lowest BCUT2D eigenvalue weighted by Crippen LogP contribution is -2.50. The van der Waals surface area contributed by atoms with Crippen molar-refractivity contribution >= 4 is 68.5 Å². The number of aromatic amines is 1. The van der Waals surface area contributed by atoms with E-state index in [2.05, 4.69) is 43.2 Å². The Labute approximate surface area is 263 Å². The topological polar surface area (TPSA) is 106 Å². The van der Waals surface area contributed by atoms with Gasteiger partial charge in [-0.3, -0.25) is 9.59 Å². The molecule has 1 saturated heterocycles. The second-order valence-electron chi connectivity index (χ2n) is 10.5. The summed E-state index contributed by atoms with van der Waals surface area (Å²) in [5.74, 6) is 0.308. The monoisotopic (exact) mass is 697 g/mol. The first-order valence-corrected chi connectivity index (χ1v) is 15.7. The molecule has 218 valence electrons. The molecule has 5 rings (SSSR count). The molecule has 0 radical (unpaired) electrons. The first-order chi connectivity index (χ1) is 20.3. The van der Waals surface area contributed by atoms with Crippen LogP contribution in [0.3, 0.4) is 0 Å². The zero-order valence-corrected chi connectivity index (χ0v) is 26.4. The van der Waals surface area contributed by atoms with Crippen molar-refractivity contribution in [2.24, 2.45) is 0 Å². The molecule has 1 aliphatic rings. The van der Waals surface area contributed by atoms with Gasteiger partial charge in [0.2, 0.25) is 11.9 Å². The van der Waals surface area contributed by atoms with Gasteiger partial charge in [-0.15, -0.1) is 0 Å². The van der Waals surface area contributed by atoms with E-state index in [1.54, 1.807) is 36.5 Å². The predicted octanol–water partition coefficient (Wildman–Crippen LogP) is 5.85. The Hall–Kier alpha value is -3.48. The number of fused-ring (bicyclic) bond motifs is 1. The number of halogens is 2. The fourth-order valence-corrected chi connectivity index (χ4v) is 6.12. The minimum atomic E-state index is -0.200. The van der Waals surface area contributed by atoms with Gasteiger partial charge >= 0.3 is 0 Å². The van der Waals surface area contributed by atoms with Crippen molar-refractivity contribution in [3.05, 3.63) is 83.7 Å². The number of amides is 2. The summed E-state index contributed by atoms with van der Waals surface area (Å²) in [6, 6.07) is 15.3. The van der Waals surface area contributed by atoms with Crippen molar-refractivity contribution in [2.75, 3.05) is 42.2 Å². The maximum Gasteiger partial charge on any atom is 0.254 e. The Morgan fingerprint density at radius 1 is 1.19 bits per heavy atom. The number of nitrogens with zero attached hydrogens (tertiary/aromatic N) is 4. The number of benzene rings is 2. The van der Waals surface area contributed by atoms with E-state index in [-0.39, 0.29) is 23.9 Å². The Bertz CT molecular complexity index is 1590. The van der Waals surface area contributed by atoms with Gasteiger partial charge in [-0.2, -0.15) is 0 Å². The summed E-state index contributed by atoms with van der Waals surface area (Å²) in [5, 5.41) is 7.86. The normalized spacial score (nSPS) is 17.2. The van der Waals surface area contributed by atoms with Crippen LogP contribution in [0.25, 0.3) is 22.2 Å². The predicted molar refractivity (Wildman–Crippen MR) is 177 cm³/mol. The number of hydrogen-bond donors (Lipinski definition) is 3. The minimum Gasteiger partial charge on any atom is -0.360 e. The Balaban J connectivity index is 1.21. The number of H-pyrrole nitrogens is 1. The minimum absolute atomic E-state index is 0.0109. The lowest BCUT2D eigenvalue weighted by atomic mass is 9.97. The van der Waals surface area contributed by atoms with Gasteiger partial charge in [-0.25, -0.2) is 9.97 Å². The number of likely N-dealkylation sites (N-methyl/N-ethyl adjacent to an activating group) is 1. The van der Waals surface area contributed by atoms with Crippen LogP contribution in [-0.2, 0) is 4.79 Å². The van der Waals surface area contributed by atoms with Crippen LogP contribution in [0.4, 0.5) is 11.6 Å². The van der Waals surface area contributed by atoms with E-state index in [4.69, 9.17) is 16.6 Å². The van der Waals surface area contributed by atoms with E-state index in [0.29, 0.717) is 41.0 Å². The number of aromatic nitrogens is 3. The number of para-hydroxylation sites is 1. The van der Waals surface area contributed by atoms with Crippen LogP contribution in [-0.4, -0.2) is 80.3 Å². The number of piperidine rings is 1. The van der Waals surface area contributed by atoms with Crippen molar-refractivity contribution in [1.29, 1.82) is 0 Å². The molecule has 2 atom stereocenters. The molecule has 0 unspecified atom stereocenters. The number of carbonyl (C=O) groups is 2. The highest BCUT2D eigenvalue weighted by atomic mass is 127. The maximum absolute atomic E-state index is 13.5. The van der Waals surface area contributed by atoms with Crippen LogP contribution >= 0.6 is 34.2 Å². The van der Waals surface area contributed by atoms with Crippen molar-refractivity contribution in [2.45, 2.75) is 24.9 Å². The van der Waals surface area contributed by atoms with Crippen LogP contribution in [0.15, 0.2) is 73.1 Å². The van der Waals surface area contributed by atoms with Crippen LogP contribution < -0.4 is 10.6 Å². The van der Waals surface area contributed by atoms with Crippen molar-refractivity contribution < 1.29 is 9.59 Å². The summed E-state index contributed by atoms with van der Waals surface area (Å²) in [6.07, 6.45) is 8.41. The third-order valence-corrected chi connectivity index (χ3v) is 8.51. The maximum atomic E-state index is 13.5. The third kappa shape index (κ3) is 7.11. The fraction of sp³-hybridized carbons (Fsp3) is 0.290. The first-order valence-electron chi connectivity index (χ1n) is 13.8. The van der Waals surface area contributed by atoms with Gasteiger partial charge in [-0.1, -0.05) is 58.5 Å². The molecule has 3 heterocycles. The van der Waals surface area contributed by atoms with Crippen LogP contribution in [0.1, 0.15) is 23.2 Å². The molecule has 0 bridgehead atoms. The molecule has 11 heteroatoms. The largest absolute Gasteiger partial charge is 0.360 e. The molecule has 0 aliphatic carbocycles. The molecule has 2 aromatic carbocycles. The zero-order chi connectivity index (χ0) is 29.6. The Kier molecular flexibility index (Phi) is 9.76. The average Bonchev–Trinajstić information content (AvgIpc) is 3.42. The summed E-state index contributed by atoms with van der Waals surface area (Å²) < 4.78 is 0.803. The third-order valence-electron chi connectivity index (χ3n) is 7.22. The molecular formula is C31H33ClIN7O2. The van der Waals surface area contributed by atoms with Crippen molar-refractivity contribution in [3.8, 4) is 11.3 Å². The average molecular weight is 698 g/mol. The van der Waals surface area contributed by atoms with Crippen LogP contribution in [0.5, 0.6) is 0 Å². The second-order valence-corrected chi connectivity index (χ2v) is 11.8. The van der Waals surface area contributed by atoms with E-state index in [0.717, 1.165) is 33.7 Å². The molecule has 2 amide bonds. The van der Waals surface area contributed by atoms with Gasteiger partial charge in [-0.05, 0) is 57.3 Å². The molecule has 9 nitrogen and oxygen atoms in total. The number of likely N-dealkylation sites (tertiary alicyclic amines) is 1. The number of carbonyl (C=O) groups excluding carboxylic acids is 2. The quantitative estimate of drug-likeness (QED) is 0.115. The summed E-state index contributed by atoms with van der Waals surface area (Å²) in [5.41, 5.74) is 3.87. The van der Waals surface area contributed by atoms with Crippen LogP contribution in [0.2, 0.25) is 5.02 Å². The zero-order valence-electron chi connectivity index (χ0n) is 23.5. The molecule has 1 aliphatic heterocycles. The van der Waals surface area contributed by atoms with E-state index < -0.39 is 0 Å². The highest BCUT2D eigenvalue weighted by Gasteiger charge is 2.32. The number of alkyl halides is 1. The standard InChI is InChI=1S/C31H33ClIN7O2/c1-39(2)14-5-8-28(41)36-21-11-9-20(10-12-21)30(42)40-15-13-22(16-23(40)17-33)37-31-35-19-26(32)29(38-31)25-18-34-27-7-4-3-6-24(25)27/h3-12,18-19,22-23,34H,13-17H2,1-2H3,(H,36,41)(H,35,37,38)/b8-5+/t22-,23+/m0/s1. The summed E-state index contributed by atoms with van der Waals surface area (Å²) in [4.78, 5) is 42.0. The summed E-state index contributed by atoms with van der Waals surface area (Å²) in [7, 11) is 3.88. The van der Waals surface area contributed by atoms with Gasteiger partial charge < -0.3 is 25.4 Å². The summed E-state index contributed by atoms with van der Waals surface area (Å²) >= 11 is 8.86. The molecule has 3 N–H and O–H groups in total. The molecule has 0 spiro atoms. The molecule has 1 fully saturated rings. The molecule has 42 heavy (non-hydrogen) atoms. The smallest absolute Gasteiger partial charge is 0.254 e. The summed E-state index contributed by atoms with van der Waals surface area (Å²) in [6.45, 7) is 1.30. The highest BCUT2D eigenvalue weighted by Crippen LogP contribution is 2.33. The highest BCUT2D eigenvalue weighted by molar-refractivity contribution is 14.1. The number of nitrogens with one attached hydrogen (secondary N) is 3. The van der Waals surface area contributed by atoms with Gasteiger partial charge in [0, 0.05) is 69.6 Å². The fourth-order valence-electron chi connectivity index (χ4n) is 5.09. The molecular weight excluding hydrogens is 665 g/mol. The number of anilines is 2. The van der Waals surface area contributed by atoms with Gasteiger partial charge in [0.05, 0.1) is 16.9 Å².